The smallest absolute Gasteiger partial charge is 0.257 e. The third-order valence-corrected chi connectivity index (χ3v) is 4.58. The number of rotatable bonds is 11. The Bertz CT molecular complexity index is 871. The molecule has 0 fully saturated rings. The summed E-state index contributed by atoms with van der Waals surface area (Å²) >= 11 is 5.25. The minimum Gasteiger partial charge on any atom is -0.494 e. The molecule has 2 rings (SSSR count). The highest BCUT2D eigenvalue weighted by Gasteiger charge is 2.13. The van der Waals surface area contributed by atoms with Gasteiger partial charge in [-0.15, -0.1) is 0 Å². The van der Waals surface area contributed by atoms with E-state index in [1.54, 1.807) is 55.6 Å². The topological polar surface area (TPSA) is 88.7 Å². The average Bonchev–Trinajstić information content (AvgIpc) is 2.77. The van der Waals surface area contributed by atoms with Crippen molar-refractivity contribution >= 4 is 34.8 Å². The number of anilines is 1. The van der Waals surface area contributed by atoms with Gasteiger partial charge in [0.25, 0.3) is 11.8 Å². The SMILES string of the molecule is CCCCCOc1ccc(C(=O)NC(=S)Nc2ccccc2C(=O)NCCOC)cc1. The van der Waals surface area contributed by atoms with Crippen molar-refractivity contribution in [2.45, 2.75) is 26.2 Å². The standard InChI is InChI=1S/C23H29N3O4S/c1-3-4-7-15-30-18-12-10-17(11-13-18)21(27)26-23(31)25-20-9-6-5-8-19(20)22(28)24-14-16-29-2/h5-6,8-13H,3-4,7,14-16H2,1-2H3,(H,24,28)(H2,25,26,27,31). The molecule has 166 valence electrons. The molecule has 0 aliphatic rings. The Labute approximate surface area is 188 Å². The van der Waals surface area contributed by atoms with Crippen LogP contribution in [0.4, 0.5) is 5.69 Å². The summed E-state index contributed by atoms with van der Waals surface area (Å²) < 4.78 is 10.6. The first-order valence-corrected chi connectivity index (χ1v) is 10.7. The molecule has 0 saturated heterocycles. The summed E-state index contributed by atoms with van der Waals surface area (Å²) in [6.45, 7) is 3.61. The maximum atomic E-state index is 12.5. The van der Waals surface area contributed by atoms with Gasteiger partial charge < -0.3 is 20.1 Å². The van der Waals surface area contributed by atoms with Gasteiger partial charge in [0.05, 0.1) is 24.5 Å². The van der Waals surface area contributed by atoms with Crippen molar-refractivity contribution in [3.8, 4) is 5.75 Å². The Morgan fingerprint density at radius 2 is 1.71 bits per heavy atom. The molecule has 0 aromatic heterocycles. The summed E-state index contributed by atoms with van der Waals surface area (Å²) in [6, 6.07) is 13.8. The van der Waals surface area contributed by atoms with E-state index < -0.39 is 0 Å². The lowest BCUT2D eigenvalue weighted by Gasteiger charge is -2.14. The van der Waals surface area contributed by atoms with Crippen molar-refractivity contribution in [1.82, 2.24) is 10.6 Å². The van der Waals surface area contributed by atoms with E-state index in [1.807, 2.05) is 0 Å². The summed E-state index contributed by atoms with van der Waals surface area (Å²) in [5, 5.41) is 8.41. The molecule has 0 spiro atoms. The van der Waals surface area contributed by atoms with E-state index in [0.29, 0.717) is 36.6 Å². The summed E-state index contributed by atoms with van der Waals surface area (Å²) in [5.41, 5.74) is 1.37. The van der Waals surface area contributed by atoms with Gasteiger partial charge in [-0.2, -0.15) is 0 Å². The van der Waals surface area contributed by atoms with Crippen LogP contribution in [-0.4, -0.2) is 43.8 Å². The van der Waals surface area contributed by atoms with Gasteiger partial charge in [-0.1, -0.05) is 31.9 Å². The molecule has 8 heteroatoms. The highest BCUT2D eigenvalue weighted by atomic mass is 32.1. The molecule has 0 atom stereocenters. The van der Waals surface area contributed by atoms with Crippen LogP contribution in [0.2, 0.25) is 0 Å². The van der Waals surface area contributed by atoms with Crippen LogP contribution in [0.1, 0.15) is 46.9 Å². The zero-order chi connectivity index (χ0) is 22.5. The number of amides is 2. The third kappa shape index (κ3) is 8.35. The van der Waals surface area contributed by atoms with Gasteiger partial charge in [0.15, 0.2) is 5.11 Å². The van der Waals surface area contributed by atoms with Gasteiger partial charge in [-0.25, -0.2) is 0 Å². The minimum atomic E-state index is -0.350. The van der Waals surface area contributed by atoms with E-state index in [2.05, 4.69) is 22.9 Å². The van der Waals surface area contributed by atoms with Crippen molar-refractivity contribution in [2.24, 2.45) is 0 Å². The minimum absolute atomic E-state index is 0.0991. The summed E-state index contributed by atoms with van der Waals surface area (Å²) in [4.78, 5) is 24.8. The summed E-state index contributed by atoms with van der Waals surface area (Å²) in [5.74, 6) is 0.114. The van der Waals surface area contributed by atoms with Crippen LogP contribution in [0, 0.1) is 0 Å². The zero-order valence-electron chi connectivity index (χ0n) is 17.9. The first kappa shape index (κ1) is 24.3. The summed E-state index contributed by atoms with van der Waals surface area (Å²) in [7, 11) is 1.57. The number of hydrogen-bond donors (Lipinski definition) is 3. The predicted molar refractivity (Wildman–Crippen MR) is 126 cm³/mol. The third-order valence-electron chi connectivity index (χ3n) is 4.37. The van der Waals surface area contributed by atoms with Crippen molar-refractivity contribution in [1.29, 1.82) is 0 Å². The Morgan fingerprint density at radius 1 is 0.968 bits per heavy atom. The van der Waals surface area contributed by atoms with Gasteiger partial charge in [0, 0.05) is 19.2 Å². The second-order valence-corrected chi connectivity index (χ2v) is 7.19. The molecule has 2 aromatic carbocycles. The van der Waals surface area contributed by atoms with Gasteiger partial charge >= 0.3 is 0 Å². The fourth-order valence-electron chi connectivity index (χ4n) is 2.73. The lowest BCUT2D eigenvalue weighted by molar-refractivity contribution is 0.0936. The number of ether oxygens (including phenoxy) is 2. The van der Waals surface area contributed by atoms with Crippen LogP contribution in [0.5, 0.6) is 5.75 Å². The molecular weight excluding hydrogens is 414 g/mol. The molecule has 0 heterocycles. The second-order valence-electron chi connectivity index (χ2n) is 6.78. The molecule has 0 saturated carbocycles. The number of carbonyl (C=O) groups excluding carboxylic acids is 2. The van der Waals surface area contributed by atoms with Crippen LogP contribution >= 0.6 is 12.2 Å². The number of hydrogen-bond acceptors (Lipinski definition) is 5. The number of thiocarbonyl (C=S) groups is 1. The van der Waals surface area contributed by atoms with Crippen LogP contribution in [0.15, 0.2) is 48.5 Å². The normalized spacial score (nSPS) is 10.3. The van der Waals surface area contributed by atoms with E-state index in [0.717, 1.165) is 25.0 Å². The number of benzene rings is 2. The fraction of sp³-hybridized carbons (Fsp3) is 0.348. The summed E-state index contributed by atoms with van der Waals surface area (Å²) in [6.07, 6.45) is 3.27. The maximum absolute atomic E-state index is 12.5. The molecule has 3 N–H and O–H groups in total. The Kier molecular flexibility index (Phi) is 10.5. The zero-order valence-corrected chi connectivity index (χ0v) is 18.7. The Balaban J connectivity index is 1.91. The molecule has 0 aliphatic heterocycles. The van der Waals surface area contributed by atoms with Crippen molar-refractivity contribution in [3.05, 3.63) is 59.7 Å². The average molecular weight is 444 g/mol. The van der Waals surface area contributed by atoms with Gasteiger partial charge in [0.1, 0.15) is 5.75 Å². The van der Waals surface area contributed by atoms with E-state index >= 15 is 0 Å². The molecule has 2 amide bonds. The van der Waals surface area contributed by atoms with E-state index in [4.69, 9.17) is 21.7 Å². The van der Waals surface area contributed by atoms with E-state index in [-0.39, 0.29) is 16.9 Å². The van der Waals surface area contributed by atoms with Crippen molar-refractivity contribution in [2.75, 3.05) is 32.2 Å². The van der Waals surface area contributed by atoms with Crippen molar-refractivity contribution < 1.29 is 19.1 Å². The highest BCUT2D eigenvalue weighted by molar-refractivity contribution is 7.80. The van der Waals surface area contributed by atoms with Gasteiger partial charge in [-0.3, -0.25) is 14.9 Å². The quantitative estimate of drug-likeness (QED) is 0.362. The first-order valence-electron chi connectivity index (χ1n) is 10.3. The lowest BCUT2D eigenvalue weighted by Crippen LogP contribution is -2.35. The Morgan fingerprint density at radius 3 is 2.42 bits per heavy atom. The molecule has 2 aromatic rings. The molecule has 31 heavy (non-hydrogen) atoms. The number of methoxy groups -OCH3 is 1. The molecule has 0 aliphatic carbocycles. The van der Waals surface area contributed by atoms with Crippen LogP contribution in [0.3, 0.4) is 0 Å². The van der Waals surface area contributed by atoms with Crippen molar-refractivity contribution in [3.63, 3.8) is 0 Å². The van der Waals surface area contributed by atoms with Crippen LogP contribution in [0.25, 0.3) is 0 Å². The molecule has 0 radical (unpaired) electrons. The number of para-hydroxylation sites is 1. The number of carbonyl (C=O) groups is 2. The number of unbranched alkanes of at least 4 members (excludes halogenated alkanes) is 2. The molecular formula is C23H29N3O4S. The molecule has 0 unspecified atom stereocenters. The van der Waals surface area contributed by atoms with E-state index in [9.17, 15) is 9.59 Å². The fourth-order valence-corrected chi connectivity index (χ4v) is 2.93. The van der Waals surface area contributed by atoms with Crippen LogP contribution < -0.4 is 20.7 Å². The van der Waals surface area contributed by atoms with Crippen LogP contribution in [-0.2, 0) is 4.74 Å². The second kappa shape index (κ2) is 13.4. The highest BCUT2D eigenvalue weighted by Crippen LogP contribution is 2.16. The Hall–Kier alpha value is -2.97. The lowest BCUT2D eigenvalue weighted by atomic mass is 10.1. The van der Waals surface area contributed by atoms with Gasteiger partial charge in [-0.05, 0) is 55.0 Å². The van der Waals surface area contributed by atoms with E-state index in [1.165, 1.54) is 0 Å². The predicted octanol–water partition coefficient (Wildman–Crippen LogP) is 3.76. The monoisotopic (exact) mass is 443 g/mol. The molecule has 0 bridgehead atoms. The first-order chi connectivity index (χ1) is 15.0. The molecule has 7 nitrogen and oxygen atoms in total. The largest absolute Gasteiger partial charge is 0.494 e. The van der Waals surface area contributed by atoms with Gasteiger partial charge in [0.2, 0.25) is 0 Å². The number of nitrogens with one attached hydrogen (secondary N) is 3. The maximum Gasteiger partial charge on any atom is 0.257 e.